The zero-order valence-electron chi connectivity index (χ0n) is 19.3. The maximum Gasteiger partial charge on any atom is 0.409 e. The van der Waals surface area contributed by atoms with Gasteiger partial charge in [0, 0.05) is 24.6 Å². The maximum atomic E-state index is 12.7. The number of amides is 3. The van der Waals surface area contributed by atoms with Crippen LogP contribution in [0.4, 0.5) is 4.79 Å². The van der Waals surface area contributed by atoms with E-state index in [1.807, 2.05) is 12.1 Å². The Morgan fingerprint density at radius 2 is 1.61 bits per heavy atom. The minimum Gasteiger partial charge on any atom is -0.450 e. The third-order valence-corrected chi connectivity index (χ3v) is 6.81. The SMILES string of the molecule is CCOC(=O)N1CCC(C(=O)NNC(=O)c2ccc3c(c2)C(C)(C)CCC3(C)C)CC1. The van der Waals surface area contributed by atoms with Crippen molar-refractivity contribution >= 4 is 17.9 Å². The van der Waals surface area contributed by atoms with Gasteiger partial charge in [-0.25, -0.2) is 4.79 Å². The highest BCUT2D eigenvalue weighted by Gasteiger charge is 2.37. The van der Waals surface area contributed by atoms with Crippen LogP contribution in [0.3, 0.4) is 0 Å². The first-order valence-electron chi connectivity index (χ1n) is 11.2. The molecule has 7 heteroatoms. The van der Waals surface area contributed by atoms with Crippen molar-refractivity contribution < 1.29 is 19.1 Å². The number of carbonyl (C=O) groups excluding carboxylic acids is 3. The van der Waals surface area contributed by atoms with Crippen LogP contribution in [0, 0.1) is 5.92 Å². The standard InChI is InChI=1S/C24H35N3O4/c1-6-31-22(30)27-13-9-16(10-14-27)20(28)25-26-21(29)17-7-8-18-19(15-17)24(4,5)12-11-23(18,2)3/h7-8,15-16H,6,9-14H2,1-5H3,(H,25,28)(H,26,29). The van der Waals surface area contributed by atoms with Gasteiger partial charge in [-0.05, 0) is 66.7 Å². The summed E-state index contributed by atoms with van der Waals surface area (Å²) in [6.07, 6.45) is 2.93. The number of hydrogen-bond acceptors (Lipinski definition) is 4. The van der Waals surface area contributed by atoms with Crippen LogP contribution in [-0.2, 0) is 20.4 Å². The zero-order valence-corrected chi connectivity index (χ0v) is 19.3. The average Bonchev–Trinajstić information content (AvgIpc) is 2.75. The first-order chi connectivity index (χ1) is 14.5. The van der Waals surface area contributed by atoms with E-state index in [0.29, 0.717) is 38.1 Å². The lowest BCUT2D eigenvalue weighted by Crippen LogP contribution is -2.48. The summed E-state index contributed by atoms with van der Waals surface area (Å²) < 4.78 is 5.00. The second kappa shape index (κ2) is 8.89. The molecule has 2 aliphatic rings. The molecule has 7 nitrogen and oxygen atoms in total. The van der Waals surface area contributed by atoms with Crippen LogP contribution >= 0.6 is 0 Å². The molecule has 1 aromatic carbocycles. The second-order valence-electron chi connectivity index (χ2n) is 9.93. The van der Waals surface area contributed by atoms with Gasteiger partial charge >= 0.3 is 6.09 Å². The van der Waals surface area contributed by atoms with E-state index in [0.717, 1.165) is 12.8 Å². The van der Waals surface area contributed by atoms with E-state index in [1.54, 1.807) is 11.8 Å². The predicted octanol–water partition coefficient (Wildman–Crippen LogP) is 3.67. The molecule has 1 aliphatic carbocycles. The van der Waals surface area contributed by atoms with Gasteiger partial charge in [0.25, 0.3) is 5.91 Å². The Morgan fingerprint density at radius 3 is 2.23 bits per heavy atom. The van der Waals surface area contributed by atoms with Gasteiger partial charge in [-0.2, -0.15) is 0 Å². The van der Waals surface area contributed by atoms with Gasteiger partial charge in [-0.15, -0.1) is 0 Å². The van der Waals surface area contributed by atoms with E-state index >= 15 is 0 Å². The van der Waals surface area contributed by atoms with E-state index in [-0.39, 0.29) is 34.7 Å². The minimum absolute atomic E-state index is 0.0112. The van der Waals surface area contributed by atoms with Gasteiger partial charge in [0.1, 0.15) is 0 Å². The lowest BCUT2D eigenvalue weighted by atomic mass is 9.63. The Hall–Kier alpha value is -2.57. The third kappa shape index (κ3) is 5.02. The van der Waals surface area contributed by atoms with Gasteiger partial charge in [0.15, 0.2) is 0 Å². The molecular weight excluding hydrogens is 394 g/mol. The molecule has 0 unspecified atom stereocenters. The minimum atomic E-state index is -0.340. The number of fused-ring (bicyclic) bond motifs is 1. The monoisotopic (exact) mass is 429 g/mol. The summed E-state index contributed by atoms with van der Waals surface area (Å²) in [6, 6.07) is 5.86. The molecule has 0 atom stereocenters. The molecule has 170 valence electrons. The molecule has 3 rings (SSSR count). The fourth-order valence-corrected chi connectivity index (χ4v) is 4.56. The summed E-state index contributed by atoms with van der Waals surface area (Å²) in [5, 5.41) is 0. The molecule has 0 aromatic heterocycles. The van der Waals surface area contributed by atoms with E-state index < -0.39 is 0 Å². The number of rotatable bonds is 3. The fraction of sp³-hybridized carbons (Fsp3) is 0.625. The summed E-state index contributed by atoms with van der Waals surface area (Å²) in [5.41, 5.74) is 8.26. The largest absolute Gasteiger partial charge is 0.450 e. The second-order valence-corrected chi connectivity index (χ2v) is 9.93. The van der Waals surface area contributed by atoms with E-state index in [4.69, 9.17) is 4.74 Å². The topological polar surface area (TPSA) is 87.7 Å². The summed E-state index contributed by atoms with van der Waals surface area (Å²) in [7, 11) is 0. The Balaban J connectivity index is 1.58. The lowest BCUT2D eigenvalue weighted by Gasteiger charge is -2.42. The van der Waals surface area contributed by atoms with Crippen LogP contribution in [0.15, 0.2) is 18.2 Å². The van der Waals surface area contributed by atoms with Crippen LogP contribution in [-0.4, -0.2) is 42.5 Å². The van der Waals surface area contributed by atoms with Crippen molar-refractivity contribution in [3.05, 3.63) is 34.9 Å². The van der Waals surface area contributed by atoms with Gasteiger partial charge in [0.2, 0.25) is 5.91 Å². The molecule has 0 saturated carbocycles. The van der Waals surface area contributed by atoms with Gasteiger partial charge < -0.3 is 9.64 Å². The highest BCUT2D eigenvalue weighted by molar-refractivity contribution is 5.96. The first-order valence-corrected chi connectivity index (χ1v) is 11.2. The molecular formula is C24H35N3O4. The summed E-state index contributed by atoms with van der Waals surface area (Å²) in [5.74, 6) is -0.787. The maximum absolute atomic E-state index is 12.7. The smallest absolute Gasteiger partial charge is 0.409 e. The number of carbonyl (C=O) groups is 3. The number of ether oxygens (including phenoxy) is 1. The molecule has 1 aromatic rings. The van der Waals surface area contributed by atoms with Crippen LogP contribution in [0.1, 0.15) is 81.8 Å². The highest BCUT2D eigenvalue weighted by Crippen LogP contribution is 2.45. The highest BCUT2D eigenvalue weighted by atomic mass is 16.6. The summed E-state index contributed by atoms with van der Waals surface area (Å²) in [4.78, 5) is 38.6. The number of hydrogen-bond donors (Lipinski definition) is 2. The molecule has 1 saturated heterocycles. The van der Waals surface area contributed by atoms with Crippen molar-refractivity contribution in [3.63, 3.8) is 0 Å². The molecule has 0 radical (unpaired) electrons. The molecule has 0 bridgehead atoms. The van der Waals surface area contributed by atoms with Crippen molar-refractivity contribution in [2.24, 2.45) is 5.92 Å². The summed E-state index contributed by atoms with van der Waals surface area (Å²) >= 11 is 0. The number of nitrogens with zero attached hydrogens (tertiary/aromatic N) is 1. The third-order valence-electron chi connectivity index (χ3n) is 6.81. The van der Waals surface area contributed by atoms with Crippen LogP contribution in [0.2, 0.25) is 0 Å². The van der Waals surface area contributed by atoms with Crippen molar-refractivity contribution in [2.75, 3.05) is 19.7 Å². The quantitative estimate of drug-likeness (QED) is 0.718. The van der Waals surface area contributed by atoms with Crippen molar-refractivity contribution in [1.29, 1.82) is 0 Å². The Kier molecular flexibility index (Phi) is 6.62. The lowest BCUT2D eigenvalue weighted by molar-refractivity contribution is -0.127. The van der Waals surface area contributed by atoms with Crippen LogP contribution in [0.5, 0.6) is 0 Å². The summed E-state index contributed by atoms with van der Waals surface area (Å²) in [6.45, 7) is 12.0. The Bertz CT molecular complexity index is 854. The van der Waals surface area contributed by atoms with E-state index in [2.05, 4.69) is 44.6 Å². The Morgan fingerprint density at radius 1 is 1.00 bits per heavy atom. The first kappa shape index (κ1) is 23.1. The van der Waals surface area contributed by atoms with Gasteiger partial charge in [0.05, 0.1) is 6.61 Å². The van der Waals surface area contributed by atoms with Crippen LogP contribution < -0.4 is 10.9 Å². The Labute approximate surface area is 184 Å². The molecule has 1 aliphatic heterocycles. The van der Waals surface area contributed by atoms with Crippen molar-refractivity contribution in [3.8, 4) is 0 Å². The van der Waals surface area contributed by atoms with E-state index in [9.17, 15) is 14.4 Å². The normalized spacial score (nSPS) is 19.8. The zero-order chi connectivity index (χ0) is 22.8. The number of hydrazine groups is 1. The number of nitrogens with one attached hydrogen (secondary N) is 2. The predicted molar refractivity (Wildman–Crippen MR) is 119 cm³/mol. The number of likely N-dealkylation sites (tertiary alicyclic amines) is 1. The van der Waals surface area contributed by atoms with Crippen molar-refractivity contribution in [2.45, 2.75) is 71.1 Å². The molecule has 1 heterocycles. The molecule has 1 fully saturated rings. The molecule has 0 spiro atoms. The van der Waals surface area contributed by atoms with Crippen LogP contribution in [0.25, 0.3) is 0 Å². The van der Waals surface area contributed by atoms with E-state index in [1.165, 1.54) is 11.1 Å². The van der Waals surface area contributed by atoms with Gasteiger partial charge in [-0.1, -0.05) is 33.8 Å². The van der Waals surface area contributed by atoms with Gasteiger partial charge in [-0.3, -0.25) is 20.4 Å². The number of piperidine rings is 1. The fourth-order valence-electron chi connectivity index (χ4n) is 4.56. The molecule has 2 N–H and O–H groups in total. The molecule has 3 amide bonds. The van der Waals surface area contributed by atoms with Crippen molar-refractivity contribution in [1.82, 2.24) is 15.8 Å². The molecule has 31 heavy (non-hydrogen) atoms. The number of benzene rings is 1. The average molecular weight is 430 g/mol.